The van der Waals surface area contributed by atoms with E-state index in [0.717, 1.165) is 0 Å². The van der Waals surface area contributed by atoms with Crippen LogP contribution in [0.25, 0.3) is 0 Å². The van der Waals surface area contributed by atoms with Crippen molar-refractivity contribution in [2.75, 3.05) is 13.1 Å². The Morgan fingerprint density at radius 3 is 2.67 bits per heavy atom. The van der Waals surface area contributed by atoms with Crippen molar-refractivity contribution in [3.63, 3.8) is 0 Å². The number of ether oxygens (including phenoxy) is 1. The molecule has 21 heavy (non-hydrogen) atoms. The van der Waals surface area contributed by atoms with Gasteiger partial charge in [0, 0.05) is 18.1 Å². The Morgan fingerprint density at radius 1 is 1.48 bits per heavy atom. The SMILES string of the molecule is CCN(CCC(=O)O)C(=O)C(C)Oc1ccc(Cl)cc1Br. The summed E-state index contributed by atoms with van der Waals surface area (Å²) < 4.78 is 6.26. The number of benzene rings is 1. The van der Waals surface area contributed by atoms with Crippen LogP contribution < -0.4 is 4.74 Å². The number of carbonyl (C=O) groups excluding carboxylic acids is 1. The summed E-state index contributed by atoms with van der Waals surface area (Å²) in [5.74, 6) is -0.676. The molecule has 0 saturated carbocycles. The second kappa shape index (κ2) is 8.24. The van der Waals surface area contributed by atoms with Crippen molar-refractivity contribution in [3.05, 3.63) is 27.7 Å². The standard InChI is InChI=1S/C14H17BrClNO4/c1-3-17(7-6-13(18)19)14(20)9(2)21-12-5-4-10(16)8-11(12)15/h4-5,8-9H,3,6-7H2,1-2H3,(H,18,19). The fourth-order valence-electron chi connectivity index (χ4n) is 1.72. The molecule has 0 aromatic heterocycles. The molecule has 0 heterocycles. The maximum Gasteiger partial charge on any atom is 0.305 e. The Balaban J connectivity index is 2.70. The molecule has 0 saturated heterocycles. The highest BCUT2D eigenvalue weighted by Crippen LogP contribution is 2.28. The summed E-state index contributed by atoms with van der Waals surface area (Å²) >= 11 is 9.16. The van der Waals surface area contributed by atoms with Crippen molar-refractivity contribution >= 4 is 39.4 Å². The number of likely N-dealkylation sites (N-methyl/N-ethyl adjacent to an activating group) is 1. The van der Waals surface area contributed by atoms with Crippen LogP contribution in [0.3, 0.4) is 0 Å². The van der Waals surface area contributed by atoms with Gasteiger partial charge in [-0.3, -0.25) is 9.59 Å². The lowest BCUT2D eigenvalue weighted by Crippen LogP contribution is -2.41. The molecule has 0 bridgehead atoms. The van der Waals surface area contributed by atoms with Gasteiger partial charge in [-0.25, -0.2) is 0 Å². The van der Waals surface area contributed by atoms with Gasteiger partial charge in [0.05, 0.1) is 10.9 Å². The third kappa shape index (κ3) is 5.55. The van der Waals surface area contributed by atoms with Crippen LogP contribution in [0.2, 0.25) is 5.02 Å². The van der Waals surface area contributed by atoms with Crippen LogP contribution in [0.5, 0.6) is 5.75 Å². The summed E-state index contributed by atoms with van der Waals surface area (Å²) in [6.45, 7) is 4.03. The van der Waals surface area contributed by atoms with Gasteiger partial charge in [0.2, 0.25) is 0 Å². The van der Waals surface area contributed by atoms with E-state index in [1.165, 1.54) is 4.90 Å². The van der Waals surface area contributed by atoms with Crippen LogP contribution in [0.4, 0.5) is 0 Å². The molecule has 0 spiro atoms. The number of aliphatic carboxylic acids is 1. The Bertz CT molecular complexity index is 524. The van der Waals surface area contributed by atoms with Gasteiger partial charge >= 0.3 is 5.97 Å². The number of carbonyl (C=O) groups is 2. The Hall–Kier alpha value is -1.27. The van der Waals surface area contributed by atoms with Gasteiger partial charge in [0.1, 0.15) is 5.75 Å². The van der Waals surface area contributed by atoms with Gasteiger partial charge in [-0.2, -0.15) is 0 Å². The maximum absolute atomic E-state index is 12.2. The van der Waals surface area contributed by atoms with E-state index in [1.54, 1.807) is 32.0 Å². The first kappa shape index (κ1) is 17.8. The quantitative estimate of drug-likeness (QED) is 0.791. The van der Waals surface area contributed by atoms with Gasteiger partial charge in [-0.05, 0) is 48.0 Å². The third-order valence-corrected chi connectivity index (χ3v) is 3.69. The Labute approximate surface area is 137 Å². The average molecular weight is 379 g/mol. The first-order valence-electron chi connectivity index (χ1n) is 6.47. The smallest absolute Gasteiger partial charge is 0.305 e. The molecule has 1 aromatic carbocycles. The van der Waals surface area contributed by atoms with Crippen LogP contribution in [0, 0.1) is 0 Å². The lowest BCUT2D eigenvalue weighted by Gasteiger charge is -2.24. The minimum absolute atomic E-state index is 0.0864. The molecule has 116 valence electrons. The minimum Gasteiger partial charge on any atom is -0.481 e. The summed E-state index contributed by atoms with van der Waals surface area (Å²) in [4.78, 5) is 24.3. The van der Waals surface area contributed by atoms with Gasteiger partial charge in [0.15, 0.2) is 6.10 Å². The number of halogens is 2. The molecule has 7 heteroatoms. The van der Waals surface area contributed by atoms with Crippen LogP contribution in [0.1, 0.15) is 20.3 Å². The molecule has 0 aliphatic heterocycles. The first-order chi connectivity index (χ1) is 9.85. The molecular formula is C14H17BrClNO4. The fraction of sp³-hybridized carbons (Fsp3) is 0.429. The van der Waals surface area contributed by atoms with Gasteiger partial charge in [0.25, 0.3) is 5.91 Å². The second-order valence-electron chi connectivity index (χ2n) is 4.40. The van der Waals surface area contributed by atoms with E-state index >= 15 is 0 Å². The summed E-state index contributed by atoms with van der Waals surface area (Å²) in [5.41, 5.74) is 0. The van der Waals surface area contributed by atoms with Crippen molar-refractivity contribution in [1.82, 2.24) is 4.90 Å². The van der Waals surface area contributed by atoms with Gasteiger partial charge in [-0.1, -0.05) is 11.6 Å². The van der Waals surface area contributed by atoms with E-state index < -0.39 is 12.1 Å². The molecule has 1 N–H and O–H groups in total. The number of amides is 1. The van der Waals surface area contributed by atoms with E-state index in [-0.39, 0.29) is 18.9 Å². The highest BCUT2D eigenvalue weighted by Gasteiger charge is 2.22. The zero-order valence-electron chi connectivity index (χ0n) is 11.8. The number of rotatable bonds is 7. The number of carboxylic acids is 1. The lowest BCUT2D eigenvalue weighted by atomic mass is 10.3. The predicted octanol–water partition coefficient (Wildman–Crippen LogP) is 3.19. The number of nitrogens with zero attached hydrogens (tertiary/aromatic N) is 1. The largest absolute Gasteiger partial charge is 0.481 e. The van der Waals surface area contributed by atoms with E-state index in [9.17, 15) is 9.59 Å². The van der Waals surface area contributed by atoms with Crippen molar-refractivity contribution in [3.8, 4) is 5.75 Å². The molecule has 1 amide bonds. The van der Waals surface area contributed by atoms with Gasteiger partial charge in [-0.15, -0.1) is 0 Å². The Kier molecular flexibility index (Phi) is 6.98. The summed E-state index contributed by atoms with van der Waals surface area (Å²) in [6.07, 6.45) is -0.798. The predicted molar refractivity (Wildman–Crippen MR) is 83.7 cm³/mol. The molecule has 0 aliphatic carbocycles. The van der Waals surface area contributed by atoms with Gasteiger partial charge < -0.3 is 14.7 Å². The molecule has 1 aromatic rings. The molecule has 1 rings (SSSR count). The first-order valence-corrected chi connectivity index (χ1v) is 7.64. The van der Waals surface area contributed by atoms with E-state index in [4.69, 9.17) is 21.4 Å². The Morgan fingerprint density at radius 2 is 2.14 bits per heavy atom. The molecule has 5 nitrogen and oxygen atoms in total. The van der Waals surface area contributed by atoms with Crippen LogP contribution >= 0.6 is 27.5 Å². The molecule has 0 fully saturated rings. The van der Waals surface area contributed by atoms with E-state index in [1.807, 2.05) is 0 Å². The van der Waals surface area contributed by atoms with E-state index in [0.29, 0.717) is 21.8 Å². The van der Waals surface area contributed by atoms with Crippen molar-refractivity contribution in [2.24, 2.45) is 0 Å². The highest BCUT2D eigenvalue weighted by atomic mass is 79.9. The fourth-order valence-corrected chi connectivity index (χ4v) is 2.50. The lowest BCUT2D eigenvalue weighted by molar-refractivity contribution is -0.140. The highest BCUT2D eigenvalue weighted by molar-refractivity contribution is 9.10. The maximum atomic E-state index is 12.2. The second-order valence-corrected chi connectivity index (χ2v) is 5.69. The number of hydrogen-bond donors (Lipinski definition) is 1. The minimum atomic E-state index is -0.935. The molecule has 1 atom stereocenters. The summed E-state index contributed by atoms with van der Waals surface area (Å²) in [7, 11) is 0. The zero-order valence-corrected chi connectivity index (χ0v) is 14.1. The normalized spacial score (nSPS) is 11.8. The monoisotopic (exact) mass is 377 g/mol. The summed E-state index contributed by atoms with van der Waals surface area (Å²) in [5, 5.41) is 9.25. The van der Waals surface area contributed by atoms with E-state index in [2.05, 4.69) is 15.9 Å². The van der Waals surface area contributed by atoms with Crippen LogP contribution in [-0.4, -0.2) is 41.1 Å². The van der Waals surface area contributed by atoms with Crippen molar-refractivity contribution in [1.29, 1.82) is 0 Å². The zero-order chi connectivity index (χ0) is 16.0. The average Bonchev–Trinajstić information content (AvgIpc) is 2.42. The molecular weight excluding hydrogens is 362 g/mol. The van der Waals surface area contributed by atoms with Crippen LogP contribution in [0.15, 0.2) is 22.7 Å². The topological polar surface area (TPSA) is 66.8 Å². The number of hydrogen-bond acceptors (Lipinski definition) is 3. The summed E-state index contributed by atoms with van der Waals surface area (Å²) in [6, 6.07) is 5.01. The number of carboxylic acid groups (broad SMARTS) is 1. The third-order valence-electron chi connectivity index (χ3n) is 2.83. The van der Waals surface area contributed by atoms with Crippen molar-refractivity contribution < 1.29 is 19.4 Å². The molecule has 1 unspecified atom stereocenters. The molecule has 0 radical (unpaired) electrons. The molecule has 0 aliphatic rings. The van der Waals surface area contributed by atoms with Crippen LogP contribution in [-0.2, 0) is 9.59 Å². The van der Waals surface area contributed by atoms with Crippen molar-refractivity contribution in [2.45, 2.75) is 26.4 Å².